The monoisotopic (exact) mass is 395 g/mol. The van der Waals surface area contributed by atoms with E-state index in [-0.39, 0.29) is 18.4 Å². The molecule has 29 heavy (non-hydrogen) atoms. The number of benzene rings is 2. The minimum absolute atomic E-state index is 0.0318. The lowest BCUT2D eigenvalue weighted by Gasteiger charge is -2.32. The molecule has 6 heteroatoms. The van der Waals surface area contributed by atoms with Crippen molar-refractivity contribution in [2.24, 2.45) is 0 Å². The number of anilines is 1. The first-order chi connectivity index (χ1) is 13.9. The quantitative estimate of drug-likeness (QED) is 0.816. The molecule has 1 saturated heterocycles. The number of carbonyl (C=O) groups is 2. The highest BCUT2D eigenvalue weighted by Crippen LogP contribution is 2.20. The van der Waals surface area contributed by atoms with Gasteiger partial charge >= 0.3 is 0 Å². The molecule has 6 nitrogen and oxygen atoms in total. The van der Waals surface area contributed by atoms with Gasteiger partial charge in [-0.1, -0.05) is 26.0 Å². The highest BCUT2D eigenvalue weighted by molar-refractivity contribution is 5.96. The molecule has 0 unspecified atom stereocenters. The maximum atomic E-state index is 12.6. The predicted molar refractivity (Wildman–Crippen MR) is 114 cm³/mol. The molecule has 0 aliphatic carbocycles. The van der Waals surface area contributed by atoms with E-state index in [0.717, 1.165) is 26.2 Å². The topological polar surface area (TPSA) is 61.9 Å². The molecular weight excluding hydrogens is 366 g/mol. The van der Waals surface area contributed by atoms with Gasteiger partial charge in [0, 0.05) is 37.4 Å². The van der Waals surface area contributed by atoms with Crippen molar-refractivity contribution in [2.75, 3.05) is 45.2 Å². The molecule has 2 amide bonds. The van der Waals surface area contributed by atoms with Crippen molar-refractivity contribution in [3.63, 3.8) is 0 Å². The summed E-state index contributed by atoms with van der Waals surface area (Å²) in [6, 6.07) is 14.8. The third-order valence-corrected chi connectivity index (χ3v) is 5.10. The van der Waals surface area contributed by atoms with Crippen LogP contribution in [-0.4, -0.2) is 61.4 Å². The molecule has 0 spiro atoms. The first-order valence-electron chi connectivity index (χ1n) is 10.0. The van der Waals surface area contributed by atoms with Gasteiger partial charge in [-0.15, -0.1) is 0 Å². The summed E-state index contributed by atoms with van der Waals surface area (Å²) in [6.45, 7) is 7.42. The van der Waals surface area contributed by atoms with Crippen LogP contribution in [0.5, 0.6) is 5.75 Å². The molecule has 3 rings (SSSR count). The number of nitrogens with zero attached hydrogens (tertiary/aromatic N) is 2. The van der Waals surface area contributed by atoms with Crippen molar-refractivity contribution in [2.45, 2.75) is 19.8 Å². The van der Waals surface area contributed by atoms with Crippen LogP contribution in [0.25, 0.3) is 0 Å². The number of amides is 2. The van der Waals surface area contributed by atoms with Crippen LogP contribution >= 0.6 is 0 Å². The number of piperazine rings is 1. The zero-order chi connectivity index (χ0) is 20.8. The maximum absolute atomic E-state index is 12.6. The second-order valence-corrected chi connectivity index (χ2v) is 7.74. The van der Waals surface area contributed by atoms with E-state index in [2.05, 4.69) is 31.1 Å². The van der Waals surface area contributed by atoms with Gasteiger partial charge in [-0.05, 0) is 54.9 Å². The molecule has 2 aromatic carbocycles. The van der Waals surface area contributed by atoms with Crippen LogP contribution < -0.4 is 10.1 Å². The first kappa shape index (κ1) is 20.9. The molecule has 0 atom stereocenters. The van der Waals surface area contributed by atoms with Crippen molar-refractivity contribution in [3.8, 4) is 5.75 Å². The summed E-state index contributed by atoms with van der Waals surface area (Å²) in [4.78, 5) is 28.8. The fraction of sp³-hybridized carbons (Fsp3) is 0.391. The largest absolute Gasteiger partial charge is 0.484 e. The fourth-order valence-corrected chi connectivity index (χ4v) is 3.20. The normalized spacial score (nSPS) is 14.7. The van der Waals surface area contributed by atoms with Gasteiger partial charge in [0.1, 0.15) is 5.75 Å². The Morgan fingerprint density at radius 2 is 1.72 bits per heavy atom. The molecule has 1 aliphatic rings. The third-order valence-electron chi connectivity index (χ3n) is 5.10. The Morgan fingerprint density at radius 1 is 1.03 bits per heavy atom. The Balaban J connectivity index is 1.51. The standard InChI is InChI=1S/C23H29N3O3/c1-17(2)19-5-4-6-21(15-19)29-16-22(27)24-20-9-7-18(8-10-20)23(28)26-13-11-25(3)12-14-26/h4-10,15,17H,11-14,16H2,1-3H3,(H,24,27). The van der Waals surface area contributed by atoms with Crippen LogP contribution in [-0.2, 0) is 4.79 Å². The summed E-state index contributed by atoms with van der Waals surface area (Å²) in [6.07, 6.45) is 0. The van der Waals surface area contributed by atoms with E-state index in [9.17, 15) is 9.59 Å². The fourth-order valence-electron chi connectivity index (χ4n) is 3.20. The number of likely N-dealkylation sites (N-methyl/N-ethyl adjacent to an activating group) is 1. The molecule has 0 aromatic heterocycles. The first-order valence-corrected chi connectivity index (χ1v) is 10.0. The molecule has 0 radical (unpaired) electrons. The van der Waals surface area contributed by atoms with Gasteiger partial charge in [-0.3, -0.25) is 9.59 Å². The molecule has 1 aliphatic heterocycles. The van der Waals surface area contributed by atoms with Gasteiger partial charge < -0.3 is 19.9 Å². The molecule has 0 saturated carbocycles. The van der Waals surface area contributed by atoms with Gasteiger partial charge in [0.05, 0.1) is 0 Å². The Hall–Kier alpha value is -2.86. The van der Waals surface area contributed by atoms with E-state index in [1.54, 1.807) is 24.3 Å². The number of hydrogen-bond donors (Lipinski definition) is 1. The Bertz CT molecular complexity index is 841. The van der Waals surface area contributed by atoms with Gasteiger partial charge in [0.15, 0.2) is 6.61 Å². The van der Waals surface area contributed by atoms with Crippen LogP contribution in [0.3, 0.4) is 0 Å². The van der Waals surface area contributed by atoms with Gasteiger partial charge in [0.25, 0.3) is 11.8 Å². The molecular formula is C23H29N3O3. The summed E-state index contributed by atoms with van der Waals surface area (Å²) < 4.78 is 5.60. The molecule has 1 fully saturated rings. The van der Waals surface area contributed by atoms with E-state index in [1.807, 2.05) is 29.2 Å². The van der Waals surface area contributed by atoms with Crippen LogP contribution in [0.1, 0.15) is 35.7 Å². The van der Waals surface area contributed by atoms with Crippen molar-refractivity contribution in [1.29, 1.82) is 0 Å². The number of hydrogen-bond acceptors (Lipinski definition) is 4. The zero-order valence-electron chi connectivity index (χ0n) is 17.4. The van der Waals surface area contributed by atoms with Crippen molar-refractivity contribution in [3.05, 3.63) is 59.7 Å². The van der Waals surface area contributed by atoms with E-state index in [0.29, 0.717) is 22.9 Å². The van der Waals surface area contributed by atoms with Crippen LogP contribution in [0, 0.1) is 0 Å². The summed E-state index contributed by atoms with van der Waals surface area (Å²) in [7, 11) is 2.06. The predicted octanol–water partition coefficient (Wildman–Crippen LogP) is 3.22. The third kappa shape index (κ3) is 5.81. The minimum atomic E-state index is -0.238. The Kier molecular flexibility index (Phi) is 6.88. The lowest BCUT2D eigenvalue weighted by molar-refractivity contribution is -0.118. The van der Waals surface area contributed by atoms with E-state index < -0.39 is 0 Å². The number of nitrogens with one attached hydrogen (secondary N) is 1. The minimum Gasteiger partial charge on any atom is -0.484 e. The number of rotatable bonds is 6. The smallest absolute Gasteiger partial charge is 0.262 e. The molecule has 2 aromatic rings. The Morgan fingerprint density at radius 3 is 2.38 bits per heavy atom. The van der Waals surface area contributed by atoms with Crippen LogP contribution in [0.15, 0.2) is 48.5 Å². The molecule has 0 bridgehead atoms. The average Bonchev–Trinajstić information content (AvgIpc) is 2.73. The highest BCUT2D eigenvalue weighted by Gasteiger charge is 2.20. The SMILES string of the molecule is CC(C)c1cccc(OCC(=O)Nc2ccc(C(=O)N3CCN(C)CC3)cc2)c1. The van der Waals surface area contributed by atoms with E-state index >= 15 is 0 Å². The number of carbonyl (C=O) groups excluding carboxylic acids is 2. The molecule has 1 N–H and O–H groups in total. The second-order valence-electron chi connectivity index (χ2n) is 7.74. The molecule has 1 heterocycles. The van der Waals surface area contributed by atoms with Gasteiger partial charge in [0.2, 0.25) is 0 Å². The van der Waals surface area contributed by atoms with Gasteiger partial charge in [-0.2, -0.15) is 0 Å². The maximum Gasteiger partial charge on any atom is 0.262 e. The summed E-state index contributed by atoms with van der Waals surface area (Å²) >= 11 is 0. The molecule has 154 valence electrons. The van der Waals surface area contributed by atoms with E-state index in [4.69, 9.17) is 4.74 Å². The van der Waals surface area contributed by atoms with Crippen LogP contribution in [0.4, 0.5) is 5.69 Å². The summed E-state index contributed by atoms with van der Waals surface area (Å²) in [5.41, 5.74) is 2.45. The Labute approximate surface area is 172 Å². The summed E-state index contributed by atoms with van der Waals surface area (Å²) in [5.74, 6) is 0.876. The summed E-state index contributed by atoms with van der Waals surface area (Å²) in [5, 5.41) is 2.81. The van der Waals surface area contributed by atoms with Crippen LogP contribution in [0.2, 0.25) is 0 Å². The lowest BCUT2D eigenvalue weighted by atomic mass is 10.0. The zero-order valence-corrected chi connectivity index (χ0v) is 17.4. The second kappa shape index (κ2) is 9.56. The van der Waals surface area contributed by atoms with Crippen molar-refractivity contribution >= 4 is 17.5 Å². The lowest BCUT2D eigenvalue weighted by Crippen LogP contribution is -2.47. The highest BCUT2D eigenvalue weighted by atomic mass is 16.5. The van der Waals surface area contributed by atoms with Crippen molar-refractivity contribution in [1.82, 2.24) is 9.80 Å². The van der Waals surface area contributed by atoms with Gasteiger partial charge in [-0.25, -0.2) is 0 Å². The average molecular weight is 396 g/mol. The van der Waals surface area contributed by atoms with Crippen molar-refractivity contribution < 1.29 is 14.3 Å². The van der Waals surface area contributed by atoms with E-state index in [1.165, 1.54) is 5.56 Å². The number of ether oxygens (including phenoxy) is 1.